The molecule has 0 unspecified atom stereocenters. The number of alkyl halides is 3. The fourth-order valence-corrected chi connectivity index (χ4v) is 3.97. The molecule has 0 spiro atoms. The molecule has 2 aliphatic heterocycles. The Bertz CT molecular complexity index is 1310. The number of nitrogens with zero attached hydrogens (tertiary/aromatic N) is 4. The third-order valence-corrected chi connectivity index (χ3v) is 5.57. The number of rotatable bonds is 5. The van der Waals surface area contributed by atoms with Gasteiger partial charge in [-0.05, 0) is 23.8 Å². The maximum Gasteiger partial charge on any atom is 0.433 e. The van der Waals surface area contributed by atoms with Gasteiger partial charge in [0, 0.05) is 24.9 Å². The summed E-state index contributed by atoms with van der Waals surface area (Å²) in [6.45, 7) is 1.74. The first-order chi connectivity index (χ1) is 16.7. The summed E-state index contributed by atoms with van der Waals surface area (Å²) in [7, 11) is 0. The molecule has 1 fully saturated rings. The number of fused-ring (bicyclic) bond motifs is 3. The summed E-state index contributed by atoms with van der Waals surface area (Å²) < 4.78 is 85.0. The van der Waals surface area contributed by atoms with Crippen molar-refractivity contribution in [3.63, 3.8) is 0 Å². The van der Waals surface area contributed by atoms with E-state index < -0.39 is 40.7 Å². The van der Waals surface area contributed by atoms with Crippen molar-refractivity contribution < 1.29 is 36.2 Å². The van der Waals surface area contributed by atoms with E-state index >= 15 is 0 Å². The van der Waals surface area contributed by atoms with Crippen molar-refractivity contribution in [2.45, 2.75) is 25.4 Å². The third-order valence-electron chi connectivity index (χ3n) is 5.57. The zero-order chi connectivity index (χ0) is 24.7. The summed E-state index contributed by atoms with van der Waals surface area (Å²) in [6, 6.07) is 5.02. The summed E-state index contributed by atoms with van der Waals surface area (Å²) >= 11 is 0. The lowest BCUT2D eigenvalue weighted by molar-refractivity contribution is -0.141. The van der Waals surface area contributed by atoms with Gasteiger partial charge in [0.15, 0.2) is 17.4 Å². The van der Waals surface area contributed by atoms with Gasteiger partial charge in [0.25, 0.3) is 0 Å². The Morgan fingerprint density at radius 3 is 2.66 bits per heavy atom. The minimum Gasteiger partial charge on any atom is -0.473 e. The monoisotopic (exact) mass is 496 g/mol. The Hall–Kier alpha value is -3.74. The minimum absolute atomic E-state index is 0.00833. The zero-order valence-corrected chi connectivity index (χ0v) is 17.9. The number of ether oxygens (including phenoxy) is 3. The van der Waals surface area contributed by atoms with Crippen molar-refractivity contribution in [2.24, 2.45) is 0 Å². The smallest absolute Gasteiger partial charge is 0.433 e. The van der Waals surface area contributed by atoms with Crippen LogP contribution in [0.5, 0.6) is 17.4 Å². The van der Waals surface area contributed by atoms with Gasteiger partial charge in [0.2, 0.25) is 5.88 Å². The first-order valence-electron chi connectivity index (χ1n) is 10.5. The van der Waals surface area contributed by atoms with E-state index in [2.05, 4.69) is 9.97 Å². The number of hydrogen-bond donors (Lipinski definition) is 0. The molecule has 0 saturated carbocycles. The highest BCUT2D eigenvalue weighted by Crippen LogP contribution is 2.33. The lowest BCUT2D eigenvalue weighted by Crippen LogP contribution is -2.43. The topological polar surface area (TPSA) is 78.7 Å². The summed E-state index contributed by atoms with van der Waals surface area (Å²) in [4.78, 5) is 21.5. The van der Waals surface area contributed by atoms with E-state index in [1.54, 1.807) is 6.07 Å². The van der Waals surface area contributed by atoms with Gasteiger partial charge in [-0.15, -0.1) is 0 Å². The van der Waals surface area contributed by atoms with E-state index in [-0.39, 0.29) is 24.1 Å². The van der Waals surface area contributed by atoms with Gasteiger partial charge in [-0.3, -0.25) is 9.55 Å². The molecule has 4 heterocycles. The van der Waals surface area contributed by atoms with Gasteiger partial charge in [0.05, 0.1) is 25.8 Å². The van der Waals surface area contributed by atoms with Crippen LogP contribution < -0.4 is 20.1 Å². The number of hydrogen-bond acceptors (Lipinski definition) is 7. The fraction of sp³-hybridized carbons (Fsp3) is 0.318. The average Bonchev–Trinajstić information content (AvgIpc) is 3.19. The first kappa shape index (κ1) is 23.0. The van der Waals surface area contributed by atoms with Crippen LogP contribution in [0.15, 0.2) is 41.3 Å². The Morgan fingerprint density at radius 2 is 1.91 bits per heavy atom. The van der Waals surface area contributed by atoms with Crippen LogP contribution in [-0.4, -0.2) is 40.3 Å². The van der Waals surface area contributed by atoms with Crippen molar-refractivity contribution in [1.29, 1.82) is 0 Å². The molecule has 0 bridgehead atoms. The lowest BCUT2D eigenvalue weighted by Gasteiger charge is -2.30. The van der Waals surface area contributed by atoms with E-state index in [0.29, 0.717) is 38.2 Å². The first-order valence-corrected chi connectivity index (χ1v) is 10.5. The number of benzene rings is 1. The maximum absolute atomic E-state index is 14.5. The number of aromatic nitrogens is 3. The number of halogens is 5. The Morgan fingerprint density at radius 1 is 1.14 bits per heavy atom. The Kier molecular flexibility index (Phi) is 5.79. The van der Waals surface area contributed by atoms with Gasteiger partial charge in [-0.2, -0.15) is 18.2 Å². The van der Waals surface area contributed by atoms with Crippen LogP contribution in [0, 0.1) is 11.6 Å². The lowest BCUT2D eigenvalue weighted by atomic mass is 10.2. The summed E-state index contributed by atoms with van der Waals surface area (Å²) in [5.74, 6) is -2.98. The molecule has 2 aliphatic rings. The Balaban J connectivity index is 1.31. The van der Waals surface area contributed by atoms with Gasteiger partial charge >= 0.3 is 11.9 Å². The van der Waals surface area contributed by atoms with Gasteiger partial charge in [-0.25, -0.2) is 13.6 Å². The zero-order valence-electron chi connectivity index (χ0n) is 17.9. The predicted octanol–water partition coefficient (Wildman–Crippen LogP) is 3.53. The largest absolute Gasteiger partial charge is 0.473 e. The highest BCUT2D eigenvalue weighted by Gasteiger charge is 2.34. The van der Waals surface area contributed by atoms with Gasteiger partial charge in [-0.1, -0.05) is 0 Å². The molecule has 1 atom stereocenters. The summed E-state index contributed by atoms with van der Waals surface area (Å²) in [6.07, 6.45) is -3.92. The second kappa shape index (κ2) is 8.80. The molecule has 3 aromatic rings. The average molecular weight is 496 g/mol. The number of pyridine rings is 1. The van der Waals surface area contributed by atoms with Crippen molar-refractivity contribution in [3.05, 3.63) is 69.9 Å². The molecule has 5 rings (SSSR count). The molecule has 35 heavy (non-hydrogen) atoms. The van der Waals surface area contributed by atoms with Crippen molar-refractivity contribution in [1.82, 2.24) is 14.5 Å². The van der Waals surface area contributed by atoms with Crippen molar-refractivity contribution in [3.8, 4) is 17.4 Å². The maximum atomic E-state index is 14.5. The highest BCUT2D eigenvalue weighted by atomic mass is 19.4. The highest BCUT2D eigenvalue weighted by molar-refractivity contribution is 5.47. The van der Waals surface area contributed by atoms with E-state index in [1.165, 1.54) is 4.57 Å². The molecule has 13 heteroatoms. The second-order valence-electron chi connectivity index (χ2n) is 7.92. The van der Waals surface area contributed by atoms with Crippen LogP contribution in [-0.2, 0) is 24.1 Å². The van der Waals surface area contributed by atoms with Crippen LogP contribution >= 0.6 is 0 Å². The third kappa shape index (κ3) is 4.63. The molecule has 1 aromatic carbocycles. The fourth-order valence-electron chi connectivity index (χ4n) is 3.97. The molecule has 0 amide bonds. The number of anilines is 1. The normalized spacial score (nSPS) is 17.2. The molecule has 2 aromatic heterocycles. The second-order valence-corrected chi connectivity index (χ2v) is 7.92. The summed E-state index contributed by atoms with van der Waals surface area (Å²) in [5, 5.41) is 0. The molecular formula is C22H17F5N4O4. The molecule has 184 valence electrons. The van der Waals surface area contributed by atoms with Crippen LogP contribution in [0.1, 0.15) is 11.3 Å². The minimum atomic E-state index is -4.74. The SMILES string of the molecule is O=c1nc(OCc2cc(F)c(Oc3ccnc(C(F)(F)F)c3)c(F)c2)cc2n1C[C@@H]1COCCN21. The Labute approximate surface area is 194 Å². The number of morpholine rings is 1. The van der Waals surface area contributed by atoms with Crippen LogP contribution in [0.25, 0.3) is 0 Å². The molecule has 0 radical (unpaired) electrons. The standard InChI is InChI=1S/C22H17F5N4O4/c23-15-5-12(6-16(24)20(15)35-14-1-2-28-17(7-14)22(25,26)27)10-34-18-8-19-30-3-4-33-11-13(30)9-31(19)21(32)29-18/h1-2,5-8,13H,3-4,9-11H2/t13-/m1/s1. The van der Waals surface area contributed by atoms with Crippen molar-refractivity contribution in [2.75, 3.05) is 24.7 Å². The molecule has 1 saturated heterocycles. The van der Waals surface area contributed by atoms with Gasteiger partial charge < -0.3 is 19.1 Å². The predicted molar refractivity (Wildman–Crippen MR) is 110 cm³/mol. The molecule has 8 nitrogen and oxygen atoms in total. The van der Waals surface area contributed by atoms with Crippen LogP contribution in [0.3, 0.4) is 0 Å². The molecule has 0 N–H and O–H groups in total. The van der Waals surface area contributed by atoms with Crippen LogP contribution in [0.2, 0.25) is 0 Å². The van der Waals surface area contributed by atoms with Gasteiger partial charge in [0.1, 0.15) is 23.9 Å². The van der Waals surface area contributed by atoms with Crippen molar-refractivity contribution >= 4 is 5.82 Å². The molecular weight excluding hydrogens is 479 g/mol. The quantitative estimate of drug-likeness (QED) is 0.500. The summed E-state index contributed by atoms with van der Waals surface area (Å²) in [5.41, 5.74) is -1.71. The van der Waals surface area contributed by atoms with E-state index in [9.17, 15) is 26.7 Å². The van der Waals surface area contributed by atoms with E-state index in [0.717, 1.165) is 24.4 Å². The van der Waals surface area contributed by atoms with Crippen LogP contribution in [0.4, 0.5) is 27.8 Å². The molecule has 0 aliphatic carbocycles. The van der Waals surface area contributed by atoms with E-state index in [1.807, 2.05) is 4.90 Å². The van der Waals surface area contributed by atoms with E-state index in [4.69, 9.17) is 14.2 Å².